The predicted octanol–water partition coefficient (Wildman–Crippen LogP) is 6.43. The first kappa shape index (κ1) is 16.8. The summed E-state index contributed by atoms with van der Waals surface area (Å²) in [6, 6.07) is 4.66. The lowest BCUT2D eigenvalue weighted by Crippen LogP contribution is -2.42. The maximum absolute atomic E-state index is 13.9. The Hall–Kier alpha value is -1.06. The monoisotopic (exact) mass is 328 g/mol. The van der Waals surface area contributed by atoms with E-state index in [9.17, 15) is 17.6 Å². The Bertz CT molecular complexity index is 556. The molecule has 0 spiro atoms. The minimum atomic E-state index is -4.04. The first-order valence-electron chi connectivity index (χ1n) is 8.74. The van der Waals surface area contributed by atoms with E-state index in [4.69, 9.17) is 0 Å². The molecule has 1 aromatic rings. The van der Waals surface area contributed by atoms with Crippen LogP contribution in [-0.4, -0.2) is 5.92 Å². The van der Waals surface area contributed by atoms with Crippen molar-refractivity contribution in [3.05, 3.63) is 34.9 Å². The molecule has 0 saturated heterocycles. The SMILES string of the molecule is CCCC1CCC(c2ccc3c(c2)CCC(F)(F)C3(F)F)CC1. The van der Waals surface area contributed by atoms with E-state index in [1.54, 1.807) is 12.1 Å². The molecule has 0 radical (unpaired) electrons. The summed E-state index contributed by atoms with van der Waals surface area (Å²) in [6.07, 6.45) is 6.27. The summed E-state index contributed by atoms with van der Waals surface area (Å²) >= 11 is 0. The van der Waals surface area contributed by atoms with E-state index in [-0.39, 0.29) is 6.42 Å². The Labute approximate surface area is 135 Å². The maximum Gasteiger partial charge on any atom is 0.335 e. The van der Waals surface area contributed by atoms with Crippen molar-refractivity contribution >= 4 is 0 Å². The molecule has 0 aromatic heterocycles. The van der Waals surface area contributed by atoms with E-state index in [1.807, 2.05) is 0 Å². The molecule has 1 saturated carbocycles. The van der Waals surface area contributed by atoms with Gasteiger partial charge in [0.05, 0.1) is 0 Å². The molecule has 0 heterocycles. The highest BCUT2D eigenvalue weighted by molar-refractivity contribution is 5.40. The zero-order valence-electron chi connectivity index (χ0n) is 13.6. The quantitative estimate of drug-likeness (QED) is 0.561. The molecule has 0 N–H and O–H groups in total. The van der Waals surface area contributed by atoms with E-state index in [0.717, 1.165) is 24.3 Å². The number of halogens is 4. The standard InChI is InChI=1S/C19H24F4/c1-2-3-13-4-6-14(7-5-13)15-8-9-17-16(12-15)10-11-18(20,21)19(17,22)23/h8-9,12-14H,2-7,10-11H2,1H3. The van der Waals surface area contributed by atoms with Gasteiger partial charge in [-0.3, -0.25) is 0 Å². The molecule has 0 aliphatic heterocycles. The summed E-state index contributed by atoms with van der Waals surface area (Å²) in [5, 5.41) is 0. The summed E-state index contributed by atoms with van der Waals surface area (Å²) in [4.78, 5) is 0. The summed E-state index contributed by atoms with van der Waals surface area (Å²) in [5.41, 5.74) is 0.992. The minimum absolute atomic E-state index is 0.0386. The first-order valence-corrected chi connectivity index (χ1v) is 8.74. The van der Waals surface area contributed by atoms with Gasteiger partial charge in [0.25, 0.3) is 0 Å². The van der Waals surface area contributed by atoms with Gasteiger partial charge in [-0.15, -0.1) is 0 Å². The van der Waals surface area contributed by atoms with Gasteiger partial charge < -0.3 is 0 Å². The molecule has 128 valence electrons. The third-order valence-electron chi connectivity index (χ3n) is 5.65. The highest BCUT2D eigenvalue weighted by atomic mass is 19.3. The third kappa shape index (κ3) is 3.01. The molecule has 0 nitrogen and oxygen atoms in total. The summed E-state index contributed by atoms with van der Waals surface area (Å²) in [6.45, 7) is 2.20. The zero-order chi connectivity index (χ0) is 16.7. The van der Waals surface area contributed by atoms with Crippen LogP contribution in [-0.2, 0) is 12.3 Å². The van der Waals surface area contributed by atoms with Crippen LogP contribution >= 0.6 is 0 Å². The largest absolute Gasteiger partial charge is 0.335 e. The van der Waals surface area contributed by atoms with Crippen molar-refractivity contribution in [3.63, 3.8) is 0 Å². The maximum atomic E-state index is 13.9. The lowest BCUT2D eigenvalue weighted by molar-refractivity contribution is -0.224. The Morgan fingerprint density at radius 3 is 2.39 bits per heavy atom. The number of aryl methyl sites for hydroxylation is 1. The number of hydrogen-bond donors (Lipinski definition) is 0. The number of rotatable bonds is 3. The van der Waals surface area contributed by atoms with Gasteiger partial charge in [0, 0.05) is 12.0 Å². The number of hydrogen-bond acceptors (Lipinski definition) is 0. The Morgan fingerprint density at radius 2 is 1.74 bits per heavy atom. The van der Waals surface area contributed by atoms with Crippen molar-refractivity contribution < 1.29 is 17.6 Å². The van der Waals surface area contributed by atoms with Gasteiger partial charge in [0.1, 0.15) is 0 Å². The van der Waals surface area contributed by atoms with E-state index in [2.05, 4.69) is 6.92 Å². The predicted molar refractivity (Wildman–Crippen MR) is 83.2 cm³/mol. The fraction of sp³-hybridized carbons (Fsp3) is 0.684. The van der Waals surface area contributed by atoms with Crippen molar-refractivity contribution in [3.8, 4) is 0 Å². The van der Waals surface area contributed by atoms with E-state index >= 15 is 0 Å². The second kappa shape index (κ2) is 6.10. The van der Waals surface area contributed by atoms with Crippen molar-refractivity contribution in [2.75, 3.05) is 0 Å². The van der Waals surface area contributed by atoms with Gasteiger partial charge in [-0.1, -0.05) is 38.0 Å². The zero-order valence-corrected chi connectivity index (χ0v) is 13.6. The molecule has 0 atom stereocenters. The van der Waals surface area contributed by atoms with Crippen LogP contribution < -0.4 is 0 Å². The first-order chi connectivity index (χ1) is 10.8. The minimum Gasteiger partial charge on any atom is -0.199 e. The van der Waals surface area contributed by atoms with Crippen LogP contribution in [0.2, 0.25) is 0 Å². The van der Waals surface area contributed by atoms with Crippen molar-refractivity contribution in [2.24, 2.45) is 5.92 Å². The summed E-state index contributed by atoms with van der Waals surface area (Å²) in [5.74, 6) is -6.79. The molecule has 2 aliphatic carbocycles. The second-order valence-corrected chi connectivity index (χ2v) is 7.20. The van der Waals surface area contributed by atoms with Gasteiger partial charge in [0.15, 0.2) is 0 Å². The van der Waals surface area contributed by atoms with Crippen LogP contribution in [0.15, 0.2) is 18.2 Å². The number of fused-ring (bicyclic) bond motifs is 1. The van der Waals surface area contributed by atoms with Crippen LogP contribution in [0.4, 0.5) is 17.6 Å². The molecule has 1 aromatic carbocycles. The molecule has 0 bridgehead atoms. The van der Waals surface area contributed by atoms with Gasteiger partial charge in [0.2, 0.25) is 0 Å². The fourth-order valence-electron chi connectivity index (χ4n) is 4.22. The van der Waals surface area contributed by atoms with E-state index in [0.29, 0.717) is 11.5 Å². The van der Waals surface area contributed by atoms with Crippen molar-refractivity contribution in [1.82, 2.24) is 0 Å². The van der Waals surface area contributed by atoms with E-state index in [1.165, 1.54) is 31.7 Å². The van der Waals surface area contributed by atoms with Crippen LogP contribution in [0.3, 0.4) is 0 Å². The van der Waals surface area contributed by atoms with Gasteiger partial charge >= 0.3 is 11.8 Å². The average Bonchev–Trinajstić information content (AvgIpc) is 2.52. The highest BCUT2D eigenvalue weighted by Gasteiger charge is 2.59. The molecule has 1 fully saturated rings. The van der Waals surface area contributed by atoms with Crippen LogP contribution in [0.1, 0.15) is 74.5 Å². The molecular weight excluding hydrogens is 304 g/mol. The second-order valence-electron chi connectivity index (χ2n) is 7.20. The van der Waals surface area contributed by atoms with Crippen molar-refractivity contribution in [1.29, 1.82) is 0 Å². The topological polar surface area (TPSA) is 0 Å². The summed E-state index contributed by atoms with van der Waals surface area (Å²) < 4.78 is 54.8. The summed E-state index contributed by atoms with van der Waals surface area (Å²) in [7, 11) is 0. The van der Waals surface area contributed by atoms with Gasteiger partial charge in [-0.25, -0.2) is 0 Å². The van der Waals surface area contributed by atoms with Crippen LogP contribution in [0, 0.1) is 5.92 Å². The Balaban J connectivity index is 1.78. The molecule has 4 heteroatoms. The third-order valence-corrected chi connectivity index (χ3v) is 5.65. The van der Waals surface area contributed by atoms with Crippen molar-refractivity contribution in [2.45, 2.75) is 76.1 Å². The number of benzene rings is 1. The molecular formula is C19H24F4. The average molecular weight is 328 g/mol. The van der Waals surface area contributed by atoms with Gasteiger partial charge in [-0.05, 0) is 55.1 Å². The lowest BCUT2D eigenvalue weighted by Gasteiger charge is -2.34. The Morgan fingerprint density at radius 1 is 1.04 bits per heavy atom. The highest BCUT2D eigenvalue weighted by Crippen LogP contribution is 2.51. The fourth-order valence-corrected chi connectivity index (χ4v) is 4.22. The molecule has 23 heavy (non-hydrogen) atoms. The van der Waals surface area contributed by atoms with E-state index < -0.39 is 23.8 Å². The van der Waals surface area contributed by atoms with Gasteiger partial charge in [-0.2, -0.15) is 17.6 Å². The molecule has 2 aliphatic rings. The molecule has 3 rings (SSSR count). The molecule has 0 unspecified atom stereocenters. The Kier molecular flexibility index (Phi) is 4.45. The van der Waals surface area contributed by atoms with Crippen LogP contribution in [0.25, 0.3) is 0 Å². The smallest absolute Gasteiger partial charge is 0.199 e. The lowest BCUT2D eigenvalue weighted by atomic mass is 9.75. The number of alkyl halides is 4. The molecule has 0 amide bonds. The van der Waals surface area contributed by atoms with Crippen LogP contribution in [0.5, 0.6) is 0 Å². The normalized spacial score (nSPS) is 29.1.